The lowest BCUT2D eigenvalue weighted by Gasteiger charge is -2.34. The zero-order valence-corrected chi connectivity index (χ0v) is 12.3. The van der Waals surface area contributed by atoms with Crippen molar-refractivity contribution in [1.82, 2.24) is 14.7 Å². The first-order chi connectivity index (χ1) is 8.94. The van der Waals surface area contributed by atoms with Crippen LogP contribution in [0.15, 0.2) is 6.07 Å². The van der Waals surface area contributed by atoms with Crippen LogP contribution in [0.25, 0.3) is 0 Å². The minimum absolute atomic E-state index is 0.0456. The molecule has 19 heavy (non-hydrogen) atoms. The summed E-state index contributed by atoms with van der Waals surface area (Å²) in [5.41, 5.74) is 0.915. The van der Waals surface area contributed by atoms with Crippen LogP contribution in [-0.2, 0) is 11.8 Å². The van der Waals surface area contributed by atoms with Crippen LogP contribution < -0.4 is 5.32 Å². The maximum atomic E-state index is 12.1. The molecule has 1 amide bonds. The van der Waals surface area contributed by atoms with Gasteiger partial charge in [-0.3, -0.25) is 14.4 Å². The van der Waals surface area contributed by atoms with Gasteiger partial charge in [0, 0.05) is 26.2 Å². The van der Waals surface area contributed by atoms with Gasteiger partial charge in [0.25, 0.3) is 0 Å². The van der Waals surface area contributed by atoms with Crippen LogP contribution in [0.1, 0.15) is 26.0 Å². The predicted octanol–water partition coefficient (Wildman–Crippen LogP) is 1.64. The van der Waals surface area contributed by atoms with Gasteiger partial charge in [-0.1, -0.05) is 13.8 Å². The summed E-state index contributed by atoms with van der Waals surface area (Å²) in [7, 11) is 1.84. The Labute approximate surface area is 115 Å². The Morgan fingerprint density at radius 2 is 2.05 bits per heavy atom. The van der Waals surface area contributed by atoms with E-state index in [9.17, 15) is 4.79 Å². The van der Waals surface area contributed by atoms with E-state index in [2.05, 4.69) is 29.2 Å². The van der Waals surface area contributed by atoms with Crippen molar-refractivity contribution >= 4 is 11.7 Å². The van der Waals surface area contributed by atoms with E-state index < -0.39 is 0 Å². The summed E-state index contributed by atoms with van der Waals surface area (Å²) in [5, 5.41) is 7.15. The molecule has 0 aromatic carbocycles. The molecule has 0 bridgehead atoms. The standard InChI is InChI=1S/C14H24N4O/c1-10-5-11(2)8-18(7-10)9-14(19)15-13-6-12(3)16-17(13)4/h6,10-11H,5,7-9H2,1-4H3,(H,15,19)/t10-,11-/m0/s1. The molecule has 5 nitrogen and oxygen atoms in total. The van der Waals surface area contributed by atoms with Crippen LogP contribution in [0, 0.1) is 18.8 Å². The smallest absolute Gasteiger partial charge is 0.239 e. The molecule has 0 unspecified atom stereocenters. The Hall–Kier alpha value is -1.36. The summed E-state index contributed by atoms with van der Waals surface area (Å²) < 4.78 is 1.70. The first-order valence-electron chi connectivity index (χ1n) is 6.97. The van der Waals surface area contributed by atoms with Gasteiger partial charge in [-0.2, -0.15) is 5.10 Å². The van der Waals surface area contributed by atoms with Crippen molar-refractivity contribution in [3.63, 3.8) is 0 Å². The highest BCUT2D eigenvalue weighted by Gasteiger charge is 2.23. The number of aryl methyl sites for hydroxylation is 2. The van der Waals surface area contributed by atoms with Crippen molar-refractivity contribution in [1.29, 1.82) is 0 Å². The Bertz CT molecular complexity index is 444. The highest BCUT2D eigenvalue weighted by molar-refractivity contribution is 5.91. The van der Waals surface area contributed by atoms with E-state index in [1.54, 1.807) is 4.68 Å². The number of aromatic nitrogens is 2. The van der Waals surface area contributed by atoms with Gasteiger partial charge in [0.05, 0.1) is 12.2 Å². The van der Waals surface area contributed by atoms with Gasteiger partial charge in [-0.05, 0) is 25.2 Å². The summed E-state index contributed by atoms with van der Waals surface area (Å²) in [5.74, 6) is 2.16. The van der Waals surface area contributed by atoms with Gasteiger partial charge in [-0.15, -0.1) is 0 Å². The number of piperidine rings is 1. The van der Waals surface area contributed by atoms with Gasteiger partial charge < -0.3 is 5.32 Å². The summed E-state index contributed by atoms with van der Waals surface area (Å²) in [4.78, 5) is 14.3. The topological polar surface area (TPSA) is 50.2 Å². The number of nitrogens with one attached hydrogen (secondary N) is 1. The Kier molecular flexibility index (Phi) is 4.24. The maximum absolute atomic E-state index is 12.1. The third-order valence-corrected chi connectivity index (χ3v) is 3.58. The molecule has 1 N–H and O–H groups in total. The molecule has 106 valence electrons. The molecule has 0 aliphatic carbocycles. The SMILES string of the molecule is Cc1cc(NC(=O)CN2C[C@@H](C)C[C@H](C)C2)n(C)n1. The predicted molar refractivity (Wildman–Crippen MR) is 76.0 cm³/mol. The Balaban J connectivity index is 1.89. The number of likely N-dealkylation sites (tertiary alicyclic amines) is 1. The fraction of sp³-hybridized carbons (Fsp3) is 0.714. The zero-order valence-electron chi connectivity index (χ0n) is 12.3. The molecule has 1 aromatic heterocycles. The van der Waals surface area contributed by atoms with Gasteiger partial charge in [-0.25, -0.2) is 0 Å². The number of hydrogen-bond acceptors (Lipinski definition) is 3. The van der Waals surface area contributed by atoms with Crippen molar-refractivity contribution in [3.05, 3.63) is 11.8 Å². The Morgan fingerprint density at radius 1 is 1.42 bits per heavy atom. The lowest BCUT2D eigenvalue weighted by Crippen LogP contribution is -2.43. The van der Waals surface area contributed by atoms with Crippen molar-refractivity contribution in [2.45, 2.75) is 27.2 Å². The van der Waals surface area contributed by atoms with Crippen LogP contribution in [-0.4, -0.2) is 40.2 Å². The Morgan fingerprint density at radius 3 is 2.58 bits per heavy atom. The second kappa shape index (κ2) is 5.74. The maximum Gasteiger partial charge on any atom is 0.239 e. The highest BCUT2D eigenvalue weighted by Crippen LogP contribution is 2.20. The molecule has 1 aliphatic rings. The molecule has 2 rings (SSSR count). The summed E-state index contributed by atoms with van der Waals surface area (Å²) >= 11 is 0. The van der Waals surface area contributed by atoms with E-state index in [1.165, 1.54) is 6.42 Å². The van der Waals surface area contributed by atoms with Crippen LogP contribution in [0.2, 0.25) is 0 Å². The van der Waals surface area contributed by atoms with Gasteiger partial charge in [0.2, 0.25) is 5.91 Å². The zero-order chi connectivity index (χ0) is 14.0. The minimum atomic E-state index is 0.0456. The number of amides is 1. The van der Waals surface area contributed by atoms with Crippen LogP contribution >= 0.6 is 0 Å². The van der Waals surface area contributed by atoms with E-state index in [0.717, 1.165) is 24.6 Å². The first kappa shape index (κ1) is 14.1. The molecule has 2 atom stereocenters. The molecule has 0 spiro atoms. The van der Waals surface area contributed by atoms with E-state index in [1.807, 2.05) is 20.0 Å². The molecule has 2 heterocycles. The quantitative estimate of drug-likeness (QED) is 0.903. The van der Waals surface area contributed by atoms with E-state index in [-0.39, 0.29) is 5.91 Å². The number of anilines is 1. The molecule has 1 aliphatic heterocycles. The van der Waals surface area contributed by atoms with Crippen LogP contribution in [0.4, 0.5) is 5.82 Å². The summed E-state index contributed by atoms with van der Waals surface area (Å²) in [6.07, 6.45) is 1.26. The minimum Gasteiger partial charge on any atom is -0.310 e. The summed E-state index contributed by atoms with van der Waals surface area (Å²) in [6, 6.07) is 1.89. The lowest BCUT2D eigenvalue weighted by atomic mass is 9.92. The van der Waals surface area contributed by atoms with Crippen molar-refractivity contribution in [3.8, 4) is 0 Å². The highest BCUT2D eigenvalue weighted by atomic mass is 16.2. The summed E-state index contributed by atoms with van der Waals surface area (Å²) in [6.45, 7) is 8.93. The normalized spacial score (nSPS) is 24.4. The molecular weight excluding hydrogens is 240 g/mol. The third-order valence-electron chi connectivity index (χ3n) is 3.58. The molecule has 1 fully saturated rings. The molecule has 0 radical (unpaired) electrons. The molecule has 5 heteroatoms. The fourth-order valence-corrected chi connectivity index (χ4v) is 3.03. The average molecular weight is 264 g/mol. The molecule has 1 aromatic rings. The molecule has 1 saturated heterocycles. The number of carbonyl (C=O) groups is 1. The number of rotatable bonds is 3. The molecule has 0 saturated carbocycles. The first-order valence-corrected chi connectivity index (χ1v) is 6.97. The van der Waals surface area contributed by atoms with E-state index in [0.29, 0.717) is 18.4 Å². The van der Waals surface area contributed by atoms with E-state index in [4.69, 9.17) is 0 Å². The number of carbonyl (C=O) groups excluding carboxylic acids is 1. The van der Waals surface area contributed by atoms with E-state index >= 15 is 0 Å². The molecular formula is C14H24N4O. The third kappa shape index (κ3) is 3.80. The van der Waals surface area contributed by atoms with Crippen molar-refractivity contribution in [2.24, 2.45) is 18.9 Å². The van der Waals surface area contributed by atoms with Crippen molar-refractivity contribution in [2.75, 3.05) is 25.0 Å². The van der Waals surface area contributed by atoms with Gasteiger partial charge in [0.1, 0.15) is 5.82 Å². The largest absolute Gasteiger partial charge is 0.310 e. The fourth-order valence-electron chi connectivity index (χ4n) is 3.03. The van der Waals surface area contributed by atoms with Gasteiger partial charge in [0.15, 0.2) is 0 Å². The van der Waals surface area contributed by atoms with Crippen molar-refractivity contribution < 1.29 is 4.79 Å². The van der Waals surface area contributed by atoms with Crippen LogP contribution in [0.5, 0.6) is 0 Å². The number of hydrogen-bond donors (Lipinski definition) is 1. The lowest BCUT2D eigenvalue weighted by molar-refractivity contribution is -0.117. The second-order valence-electron chi connectivity index (χ2n) is 5.98. The monoisotopic (exact) mass is 264 g/mol. The average Bonchev–Trinajstić information content (AvgIpc) is 2.55. The second-order valence-corrected chi connectivity index (χ2v) is 5.98. The van der Waals surface area contributed by atoms with Crippen LogP contribution in [0.3, 0.4) is 0 Å². The number of nitrogens with zero attached hydrogens (tertiary/aromatic N) is 3. The van der Waals surface area contributed by atoms with Gasteiger partial charge >= 0.3 is 0 Å².